The third-order valence-electron chi connectivity index (χ3n) is 5.26. The van der Waals surface area contributed by atoms with Gasteiger partial charge in [-0.2, -0.15) is 0 Å². The van der Waals surface area contributed by atoms with E-state index >= 15 is 0 Å². The van der Waals surface area contributed by atoms with Gasteiger partial charge in [0.1, 0.15) is 5.58 Å². The number of benzene rings is 2. The smallest absolute Gasteiger partial charge is 0.362 e. The molecule has 0 radical (unpaired) electrons. The first-order valence-corrected chi connectivity index (χ1v) is 9.95. The maximum absolute atomic E-state index is 12.9. The Kier molecular flexibility index (Phi) is 5.27. The second-order valence-corrected chi connectivity index (χ2v) is 7.40. The lowest BCUT2D eigenvalue weighted by Crippen LogP contribution is -2.29. The van der Waals surface area contributed by atoms with Gasteiger partial charge in [0.15, 0.2) is 5.69 Å². The zero-order chi connectivity index (χ0) is 21.3. The van der Waals surface area contributed by atoms with Crippen LogP contribution in [0.15, 0.2) is 57.7 Å². The van der Waals surface area contributed by atoms with Gasteiger partial charge in [0.25, 0.3) is 0 Å². The van der Waals surface area contributed by atoms with Crippen LogP contribution in [0.25, 0.3) is 11.0 Å². The molecule has 0 spiro atoms. The first-order chi connectivity index (χ1) is 14.5. The minimum atomic E-state index is -0.627. The van der Waals surface area contributed by atoms with Gasteiger partial charge >= 0.3 is 5.63 Å². The van der Waals surface area contributed by atoms with Gasteiger partial charge in [-0.05, 0) is 38.1 Å². The van der Waals surface area contributed by atoms with E-state index in [1.165, 1.54) is 0 Å². The fraction of sp³-hybridized carbons (Fsp3) is 0.261. The zero-order valence-corrected chi connectivity index (χ0v) is 16.9. The predicted octanol–water partition coefficient (Wildman–Crippen LogP) is 3.52. The topological polar surface area (TPSA) is 91.6 Å². The Morgan fingerprint density at radius 2 is 1.83 bits per heavy atom. The molecule has 0 aliphatic carbocycles. The molecule has 1 saturated heterocycles. The molecule has 4 rings (SSSR count). The highest BCUT2D eigenvalue weighted by molar-refractivity contribution is 6.06. The molecule has 154 valence electrons. The molecule has 2 amide bonds. The molecule has 7 nitrogen and oxygen atoms in total. The van der Waals surface area contributed by atoms with Gasteiger partial charge in [0.05, 0.1) is 11.6 Å². The number of rotatable bonds is 5. The van der Waals surface area contributed by atoms with Crippen molar-refractivity contribution in [2.24, 2.45) is 5.92 Å². The fourth-order valence-corrected chi connectivity index (χ4v) is 3.71. The van der Waals surface area contributed by atoms with Crippen LogP contribution < -0.4 is 21.2 Å². The third kappa shape index (κ3) is 3.66. The van der Waals surface area contributed by atoms with E-state index in [9.17, 15) is 14.4 Å². The highest BCUT2D eigenvalue weighted by Crippen LogP contribution is 2.30. The van der Waals surface area contributed by atoms with Crippen molar-refractivity contribution in [3.63, 3.8) is 0 Å². The van der Waals surface area contributed by atoms with Crippen LogP contribution >= 0.6 is 0 Å². The molecule has 2 aromatic carbocycles. The number of hydrogen-bond donors (Lipinski definition) is 2. The van der Waals surface area contributed by atoms with E-state index in [-0.39, 0.29) is 30.5 Å². The van der Waals surface area contributed by atoms with Gasteiger partial charge in [0, 0.05) is 30.6 Å². The summed E-state index contributed by atoms with van der Waals surface area (Å²) < 4.78 is 5.38. The molecule has 3 aromatic rings. The van der Waals surface area contributed by atoms with Gasteiger partial charge in [-0.3, -0.25) is 9.59 Å². The molecular weight excluding hydrogens is 382 g/mol. The minimum Gasteiger partial charge on any atom is -0.421 e. The van der Waals surface area contributed by atoms with Crippen LogP contribution in [0.4, 0.5) is 17.1 Å². The molecule has 7 heteroatoms. The highest BCUT2D eigenvalue weighted by atomic mass is 16.4. The Bertz CT molecular complexity index is 1170. The highest BCUT2D eigenvalue weighted by Gasteiger charge is 2.35. The van der Waals surface area contributed by atoms with Crippen LogP contribution in [-0.4, -0.2) is 24.9 Å². The van der Waals surface area contributed by atoms with Gasteiger partial charge in [0.2, 0.25) is 11.8 Å². The Hall–Kier alpha value is -3.61. The number of anilines is 3. The monoisotopic (exact) mass is 405 g/mol. The van der Waals surface area contributed by atoms with Gasteiger partial charge in [-0.1, -0.05) is 29.8 Å². The third-order valence-corrected chi connectivity index (χ3v) is 5.26. The lowest BCUT2D eigenvalue weighted by molar-refractivity contribution is -0.122. The SMILES string of the molecule is CCNc1c(NC(=O)[C@H]2CC(=O)N(c3ccc(C)cc3)C2)c(=O)oc2ccccc12. The van der Waals surface area contributed by atoms with Gasteiger partial charge in [-0.25, -0.2) is 4.79 Å². The summed E-state index contributed by atoms with van der Waals surface area (Å²) in [5.41, 5.74) is 2.27. The summed E-state index contributed by atoms with van der Waals surface area (Å²) in [6.07, 6.45) is 0.0924. The van der Waals surface area contributed by atoms with E-state index in [0.717, 1.165) is 11.3 Å². The summed E-state index contributed by atoms with van der Waals surface area (Å²) in [6, 6.07) is 14.7. The molecule has 1 fully saturated rings. The number of hydrogen-bond acceptors (Lipinski definition) is 5. The van der Waals surface area contributed by atoms with Crippen LogP contribution in [0, 0.1) is 12.8 Å². The second kappa shape index (κ2) is 8.02. The van der Waals surface area contributed by atoms with Crippen LogP contribution in [0.2, 0.25) is 0 Å². The number of aryl methyl sites for hydroxylation is 1. The van der Waals surface area contributed by atoms with Crippen LogP contribution in [0.1, 0.15) is 18.9 Å². The van der Waals surface area contributed by atoms with Crippen molar-refractivity contribution >= 4 is 39.8 Å². The molecule has 0 saturated carbocycles. The average molecular weight is 405 g/mol. The van der Waals surface area contributed by atoms with Crippen molar-refractivity contribution in [1.82, 2.24) is 0 Å². The van der Waals surface area contributed by atoms with Gasteiger partial charge < -0.3 is 20.0 Å². The van der Waals surface area contributed by atoms with E-state index in [4.69, 9.17) is 4.42 Å². The van der Waals surface area contributed by atoms with E-state index in [0.29, 0.717) is 23.2 Å². The first-order valence-electron chi connectivity index (χ1n) is 9.95. The second-order valence-electron chi connectivity index (χ2n) is 7.40. The van der Waals surface area contributed by atoms with Crippen LogP contribution in [0.3, 0.4) is 0 Å². The summed E-state index contributed by atoms with van der Waals surface area (Å²) >= 11 is 0. The summed E-state index contributed by atoms with van der Waals surface area (Å²) in [4.78, 5) is 39.6. The largest absolute Gasteiger partial charge is 0.421 e. The van der Waals surface area contributed by atoms with E-state index in [2.05, 4.69) is 10.6 Å². The first kappa shape index (κ1) is 19.7. The average Bonchev–Trinajstić information content (AvgIpc) is 3.13. The van der Waals surface area contributed by atoms with Crippen LogP contribution in [0.5, 0.6) is 0 Å². The quantitative estimate of drug-likeness (QED) is 0.634. The Morgan fingerprint density at radius 1 is 1.10 bits per heavy atom. The molecule has 0 bridgehead atoms. The van der Waals surface area contributed by atoms with Crippen molar-refractivity contribution in [2.75, 3.05) is 28.6 Å². The van der Waals surface area contributed by atoms with Crippen molar-refractivity contribution in [1.29, 1.82) is 0 Å². The number of carbonyl (C=O) groups is 2. The molecule has 2 N–H and O–H groups in total. The number of amides is 2. The van der Waals surface area contributed by atoms with Crippen molar-refractivity contribution < 1.29 is 14.0 Å². The molecule has 30 heavy (non-hydrogen) atoms. The number of nitrogens with one attached hydrogen (secondary N) is 2. The maximum Gasteiger partial charge on any atom is 0.362 e. The molecule has 1 aliphatic rings. The van der Waals surface area contributed by atoms with Crippen molar-refractivity contribution in [3.8, 4) is 0 Å². The minimum absolute atomic E-state index is 0.0711. The molecule has 1 atom stereocenters. The maximum atomic E-state index is 12.9. The Labute approximate surface area is 173 Å². The summed E-state index contributed by atoms with van der Waals surface area (Å²) in [6.45, 7) is 4.72. The number of carbonyl (C=O) groups excluding carboxylic acids is 2. The Morgan fingerprint density at radius 3 is 2.57 bits per heavy atom. The number of para-hydroxylation sites is 1. The lowest BCUT2D eigenvalue weighted by Gasteiger charge is -2.17. The lowest BCUT2D eigenvalue weighted by atomic mass is 10.1. The summed E-state index contributed by atoms with van der Waals surface area (Å²) in [5.74, 6) is -1.05. The fourth-order valence-electron chi connectivity index (χ4n) is 3.71. The molecule has 1 aliphatic heterocycles. The zero-order valence-electron chi connectivity index (χ0n) is 16.9. The summed E-state index contributed by atoms with van der Waals surface area (Å²) in [7, 11) is 0. The Balaban J connectivity index is 1.60. The normalized spacial score (nSPS) is 16.1. The van der Waals surface area contributed by atoms with Crippen molar-refractivity contribution in [2.45, 2.75) is 20.3 Å². The predicted molar refractivity (Wildman–Crippen MR) is 117 cm³/mol. The molecule has 2 heterocycles. The van der Waals surface area contributed by atoms with Crippen molar-refractivity contribution in [3.05, 3.63) is 64.5 Å². The van der Waals surface area contributed by atoms with E-state index < -0.39 is 11.5 Å². The van der Waals surface area contributed by atoms with Gasteiger partial charge in [-0.15, -0.1) is 0 Å². The molecular formula is C23H23N3O4. The summed E-state index contributed by atoms with van der Waals surface area (Å²) in [5, 5.41) is 6.57. The standard InChI is InChI=1S/C23H23N3O4/c1-3-24-20-17-6-4-5-7-18(17)30-23(29)21(20)25-22(28)15-12-19(27)26(13-15)16-10-8-14(2)9-11-16/h4-11,15,24H,3,12-13H2,1-2H3,(H,25,28)/t15-/m0/s1. The van der Waals surface area contributed by atoms with E-state index in [1.807, 2.05) is 50.2 Å². The molecule has 0 unspecified atom stereocenters. The molecule has 1 aromatic heterocycles. The number of nitrogens with zero attached hydrogens (tertiary/aromatic N) is 1. The van der Waals surface area contributed by atoms with E-state index in [1.54, 1.807) is 17.0 Å². The number of fused-ring (bicyclic) bond motifs is 1. The van der Waals surface area contributed by atoms with Crippen LogP contribution in [-0.2, 0) is 9.59 Å².